The van der Waals surface area contributed by atoms with Gasteiger partial charge in [-0.3, -0.25) is 9.78 Å². The zero-order valence-corrected chi connectivity index (χ0v) is 11.3. The van der Waals surface area contributed by atoms with Crippen molar-refractivity contribution in [1.82, 2.24) is 4.98 Å². The predicted molar refractivity (Wildman–Crippen MR) is 72.8 cm³/mol. The number of hydrogen-bond donors (Lipinski definition) is 0. The molecule has 0 aliphatic rings. The van der Waals surface area contributed by atoms with Crippen molar-refractivity contribution in [2.24, 2.45) is 0 Å². The van der Waals surface area contributed by atoms with Crippen molar-refractivity contribution in [2.45, 2.75) is 26.2 Å². The normalized spacial score (nSPS) is 11.4. The van der Waals surface area contributed by atoms with Crippen LogP contribution in [0.15, 0.2) is 42.7 Å². The van der Waals surface area contributed by atoms with E-state index in [9.17, 15) is 9.18 Å². The molecule has 0 radical (unpaired) electrons. The Bertz CT molecular complexity index is 614. The minimum atomic E-state index is -0.587. The molecule has 0 bridgehead atoms. The molecule has 2 rings (SSSR count). The predicted octanol–water partition coefficient (Wildman–Crippen LogP) is 3.75. The van der Waals surface area contributed by atoms with Crippen LogP contribution >= 0.6 is 0 Å². The highest BCUT2D eigenvalue weighted by molar-refractivity contribution is 6.10. The van der Waals surface area contributed by atoms with E-state index in [2.05, 4.69) is 4.98 Å². The second-order valence-electron chi connectivity index (χ2n) is 5.48. The molecule has 0 amide bonds. The fourth-order valence-corrected chi connectivity index (χ4v) is 2.04. The summed E-state index contributed by atoms with van der Waals surface area (Å²) < 4.78 is 13.7. The number of rotatable bonds is 2. The van der Waals surface area contributed by atoms with E-state index < -0.39 is 5.82 Å². The first-order valence-corrected chi connectivity index (χ1v) is 6.15. The van der Waals surface area contributed by atoms with E-state index in [0.717, 1.165) is 11.8 Å². The number of hydrogen-bond acceptors (Lipinski definition) is 2. The zero-order valence-electron chi connectivity index (χ0n) is 11.3. The molecule has 2 aromatic rings. The Kier molecular flexibility index (Phi) is 3.47. The maximum atomic E-state index is 13.7. The molecule has 1 heterocycles. The van der Waals surface area contributed by atoms with Crippen molar-refractivity contribution in [1.29, 1.82) is 0 Å². The van der Waals surface area contributed by atoms with Crippen LogP contribution in [0.4, 0.5) is 4.39 Å². The molecule has 0 saturated carbocycles. The Morgan fingerprint density at radius 3 is 2.42 bits per heavy atom. The number of benzene rings is 1. The minimum absolute atomic E-state index is 0.0618. The smallest absolute Gasteiger partial charge is 0.196 e. The highest BCUT2D eigenvalue weighted by Crippen LogP contribution is 2.27. The first-order chi connectivity index (χ1) is 8.91. The molecule has 2 nitrogen and oxygen atoms in total. The van der Waals surface area contributed by atoms with Gasteiger partial charge in [0.25, 0.3) is 0 Å². The van der Waals surface area contributed by atoms with Crippen LogP contribution in [0.1, 0.15) is 42.3 Å². The van der Waals surface area contributed by atoms with Crippen molar-refractivity contribution in [3.05, 3.63) is 65.2 Å². The largest absolute Gasteiger partial charge is 0.288 e. The Morgan fingerprint density at radius 2 is 1.79 bits per heavy atom. The quantitative estimate of drug-likeness (QED) is 0.767. The van der Waals surface area contributed by atoms with Crippen LogP contribution in [0, 0.1) is 5.82 Å². The number of ketones is 1. The van der Waals surface area contributed by atoms with Crippen molar-refractivity contribution in [3.8, 4) is 0 Å². The van der Waals surface area contributed by atoms with Gasteiger partial charge in [0.15, 0.2) is 11.6 Å². The topological polar surface area (TPSA) is 30.0 Å². The first-order valence-electron chi connectivity index (χ1n) is 6.15. The van der Waals surface area contributed by atoms with E-state index in [4.69, 9.17) is 0 Å². The molecule has 0 fully saturated rings. The fraction of sp³-hybridized carbons (Fsp3) is 0.250. The second kappa shape index (κ2) is 4.92. The summed E-state index contributed by atoms with van der Waals surface area (Å²) in [5.74, 6) is -0.887. The fourth-order valence-electron chi connectivity index (χ4n) is 2.04. The molecule has 0 N–H and O–H groups in total. The van der Waals surface area contributed by atoms with Crippen LogP contribution in [0.25, 0.3) is 0 Å². The van der Waals surface area contributed by atoms with Gasteiger partial charge in [-0.25, -0.2) is 4.39 Å². The van der Waals surface area contributed by atoms with E-state index in [1.54, 1.807) is 12.1 Å². The van der Waals surface area contributed by atoms with Gasteiger partial charge in [0.05, 0.1) is 11.8 Å². The lowest BCUT2D eigenvalue weighted by Gasteiger charge is -2.22. The third-order valence-corrected chi connectivity index (χ3v) is 3.00. The molecule has 0 aliphatic heterocycles. The average molecular weight is 257 g/mol. The van der Waals surface area contributed by atoms with Crippen molar-refractivity contribution in [2.75, 3.05) is 0 Å². The number of pyridine rings is 1. The van der Waals surface area contributed by atoms with Crippen LogP contribution in [0.2, 0.25) is 0 Å². The molecule has 0 spiro atoms. The molecule has 1 aromatic heterocycles. The van der Waals surface area contributed by atoms with Gasteiger partial charge in [0.1, 0.15) is 0 Å². The van der Waals surface area contributed by atoms with Gasteiger partial charge in [-0.15, -0.1) is 0 Å². The highest BCUT2D eigenvalue weighted by atomic mass is 19.1. The summed E-state index contributed by atoms with van der Waals surface area (Å²) in [6, 6.07) is 8.74. The maximum Gasteiger partial charge on any atom is 0.196 e. The summed E-state index contributed by atoms with van der Waals surface area (Å²) in [6.07, 6.45) is 2.49. The Hall–Kier alpha value is -2.03. The van der Waals surface area contributed by atoms with Gasteiger partial charge < -0.3 is 0 Å². The van der Waals surface area contributed by atoms with Crippen LogP contribution in [0.5, 0.6) is 0 Å². The van der Waals surface area contributed by atoms with E-state index in [-0.39, 0.29) is 16.8 Å². The summed E-state index contributed by atoms with van der Waals surface area (Å²) in [6.45, 7) is 6.09. The lowest BCUT2D eigenvalue weighted by Crippen LogP contribution is -2.17. The maximum absolute atomic E-state index is 13.7. The molecular formula is C16H16FNO. The molecule has 0 saturated heterocycles. The van der Waals surface area contributed by atoms with E-state index in [0.29, 0.717) is 5.56 Å². The molecular weight excluding hydrogens is 241 g/mol. The summed E-state index contributed by atoms with van der Waals surface area (Å²) in [5, 5.41) is 0. The number of carbonyl (C=O) groups is 1. The monoisotopic (exact) mass is 257 g/mol. The summed E-state index contributed by atoms with van der Waals surface area (Å²) in [5.41, 5.74) is 1.35. The lowest BCUT2D eigenvalue weighted by molar-refractivity contribution is 0.103. The summed E-state index contributed by atoms with van der Waals surface area (Å²) in [4.78, 5) is 16.1. The Balaban J connectivity index is 2.55. The van der Waals surface area contributed by atoms with Crippen molar-refractivity contribution < 1.29 is 9.18 Å². The van der Waals surface area contributed by atoms with Crippen LogP contribution < -0.4 is 0 Å². The number of aromatic nitrogens is 1. The van der Waals surface area contributed by atoms with Crippen LogP contribution in [0.3, 0.4) is 0 Å². The van der Waals surface area contributed by atoms with E-state index in [1.165, 1.54) is 12.3 Å². The molecule has 0 unspecified atom stereocenters. The standard InChI is InChI=1S/C16H16FNO/c1-16(2,3)13-7-5-4-6-11(13)15(19)12-8-9-18-10-14(12)17/h4-10H,1-3H3. The Labute approximate surface area is 112 Å². The molecule has 0 atom stereocenters. The van der Waals surface area contributed by atoms with Crippen molar-refractivity contribution >= 4 is 5.78 Å². The first kappa shape index (κ1) is 13.4. The van der Waals surface area contributed by atoms with Gasteiger partial charge in [-0.05, 0) is 17.0 Å². The molecule has 0 aliphatic carbocycles. The Morgan fingerprint density at radius 1 is 1.11 bits per heavy atom. The second-order valence-corrected chi connectivity index (χ2v) is 5.48. The SMILES string of the molecule is CC(C)(C)c1ccccc1C(=O)c1ccncc1F. The lowest BCUT2D eigenvalue weighted by atomic mass is 9.82. The number of halogens is 1. The summed E-state index contributed by atoms with van der Waals surface area (Å²) >= 11 is 0. The van der Waals surface area contributed by atoms with Gasteiger partial charge in [-0.1, -0.05) is 45.0 Å². The van der Waals surface area contributed by atoms with Gasteiger partial charge in [0, 0.05) is 11.8 Å². The molecule has 3 heteroatoms. The third-order valence-electron chi connectivity index (χ3n) is 3.00. The number of carbonyl (C=O) groups excluding carboxylic acids is 1. The molecule has 19 heavy (non-hydrogen) atoms. The van der Waals surface area contributed by atoms with Crippen LogP contribution in [-0.4, -0.2) is 10.8 Å². The van der Waals surface area contributed by atoms with Crippen LogP contribution in [-0.2, 0) is 5.41 Å². The third kappa shape index (κ3) is 2.70. The molecule has 1 aromatic carbocycles. The average Bonchev–Trinajstić information content (AvgIpc) is 2.37. The van der Waals surface area contributed by atoms with Gasteiger partial charge >= 0.3 is 0 Å². The zero-order chi connectivity index (χ0) is 14.0. The minimum Gasteiger partial charge on any atom is -0.288 e. The molecule has 98 valence electrons. The highest BCUT2D eigenvalue weighted by Gasteiger charge is 2.23. The van der Waals surface area contributed by atoms with E-state index in [1.807, 2.05) is 32.9 Å². The van der Waals surface area contributed by atoms with Gasteiger partial charge in [-0.2, -0.15) is 0 Å². The van der Waals surface area contributed by atoms with E-state index >= 15 is 0 Å². The van der Waals surface area contributed by atoms with Gasteiger partial charge in [0.2, 0.25) is 0 Å². The summed E-state index contributed by atoms with van der Waals surface area (Å²) in [7, 11) is 0. The van der Waals surface area contributed by atoms with Crippen molar-refractivity contribution in [3.63, 3.8) is 0 Å². The number of nitrogens with zero attached hydrogens (tertiary/aromatic N) is 1.